The molecule has 82 valence electrons. The van der Waals surface area contributed by atoms with Crippen molar-refractivity contribution >= 4 is 42.8 Å². The predicted octanol–water partition coefficient (Wildman–Crippen LogP) is 3.72. The summed E-state index contributed by atoms with van der Waals surface area (Å²) in [5, 5.41) is 1.83. The van der Waals surface area contributed by atoms with Crippen LogP contribution in [-0.4, -0.2) is 4.98 Å². The number of alkyl halides is 1. The molecule has 3 nitrogen and oxygen atoms in total. The van der Waals surface area contributed by atoms with Crippen LogP contribution in [0.1, 0.15) is 11.1 Å². The van der Waals surface area contributed by atoms with E-state index in [2.05, 4.69) is 42.9 Å². The van der Waals surface area contributed by atoms with E-state index in [1.807, 2.05) is 12.1 Å². The Kier molecular flexibility index (Phi) is 2.61. The Morgan fingerprint density at radius 3 is 3.00 bits per heavy atom. The maximum atomic E-state index is 5.06. The van der Waals surface area contributed by atoms with Gasteiger partial charge in [-0.3, -0.25) is 0 Å². The number of hydrogen-bond acceptors (Lipinski definition) is 3. The molecule has 1 aromatic heterocycles. The quantitative estimate of drug-likeness (QED) is 0.449. The van der Waals surface area contributed by atoms with Crippen LogP contribution in [0.15, 0.2) is 22.8 Å². The Bertz CT molecular complexity index is 561. The van der Waals surface area contributed by atoms with Gasteiger partial charge >= 0.3 is 0 Å². The van der Waals surface area contributed by atoms with E-state index in [-0.39, 0.29) is 0 Å². The fourth-order valence-electron chi connectivity index (χ4n) is 1.71. The molecule has 2 aromatic rings. The second-order valence-electron chi connectivity index (χ2n) is 3.57. The van der Waals surface area contributed by atoms with Crippen LogP contribution in [0.3, 0.4) is 0 Å². The van der Waals surface area contributed by atoms with Crippen LogP contribution in [-0.2, 0) is 16.8 Å². The van der Waals surface area contributed by atoms with Gasteiger partial charge < -0.3 is 4.89 Å². The second-order valence-corrected chi connectivity index (χ2v) is 4.88. The molecule has 1 aliphatic rings. The minimum atomic E-state index is 0.491. The van der Waals surface area contributed by atoms with Crippen LogP contribution < -0.4 is 4.89 Å². The van der Waals surface area contributed by atoms with Gasteiger partial charge in [0.05, 0.1) is 5.52 Å². The third-order valence-electron chi connectivity index (χ3n) is 2.53. The monoisotopic (exact) mass is 343 g/mol. The van der Waals surface area contributed by atoms with E-state index in [0.29, 0.717) is 6.61 Å². The SMILES string of the molecule is BrCc1cc2cc3c(cc2nc1Br)COO3. The van der Waals surface area contributed by atoms with Crippen molar-refractivity contribution in [3.05, 3.63) is 33.9 Å². The molecule has 2 heterocycles. The Labute approximate surface area is 109 Å². The van der Waals surface area contributed by atoms with Crippen molar-refractivity contribution < 1.29 is 9.78 Å². The van der Waals surface area contributed by atoms with Crippen molar-refractivity contribution in [2.45, 2.75) is 11.9 Å². The largest absolute Gasteiger partial charge is 0.337 e. The van der Waals surface area contributed by atoms with Gasteiger partial charge in [0, 0.05) is 16.3 Å². The number of aromatic nitrogens is 1. The number of halogens is 2. The molecule has 0 unspecified atom stereocenters. The Morgan fingerprint density at radius 2 is 2.19 bits per heavy atom. The zero-order valence-corrected chi connectivity index (χ0v) is 11.3. The predicted molar refractivity (Wildman–Crippen MR) is 67.5 cm³/mol. The highest BCUT2D eigenvalue weighted by Crippen LogP contribution is 2.32. The summed E-state index contributed by atoms with van der Waals surface area (Å²) in [5.74, 6) is 0.789. The summed E-state index contributed by atoms with van der Waals surface area (Å²) in [5.41, 5.74) is 3.11. The molecule has 3 rings (SSSR count). The van der Waals surface area contributed by atoms with Gasteiger partial charge in [0.25, 0.3) is 0 Å². The highest BCUT2D eigenvalue weighted by Gasteiger charge is 2.16. The topological polar surface area (TPSA) is 31.4 Å². The Balaban J connectivity index is 2.28. The Hall–Kier alpha value is -0.650. The van der Waals surface area contributed by atoms with Crippen molar-refractivity contribution in [2.24, 2.45) is 0 Å². The molecule has 0 bridgehead atoms. The van der Waals surface area contributed by atoms with Gasteiger partial charge in [-0.05, 0) is 39.7 Å². The lowest BCUT2D eigenvalue weighted by Crippen LogP contribution is -1.89. The summed E-state index contributed by atoms with van der Waals surface area (Å²) >= 11 is 6.89. The van der Waals surface area contributed by atoms with Crippen LogP contribution in [0.4, 0.5) is 0 Å². The zero-order valence-electron chi connectivity index (χ0n) is 8.17. The second kappa shape index (κ2) is 3.98. The van der Waals surface area contributed by atoms with E-state index >= 15 is 0 Å². The summed E-state index contributed by atoms with van der Waals surface area (Å²) in [6.45, 7) is 0.491. The molecular weight excluding hydrogens is 338 g/mol. The molecule has 16 heavy (non-hydrogen) atoms. The van der Waals surface area contributed by atoms with E-state index in [4.69, 9.17) is 9.78 Å². The Morgan fingerprint density at radius 1 is 1.31 bits per heavy atom. The highest BCUT2D eigenvalue weighted by atomic mass is 79.9. The number of fused-ring (bicyclic) bond motifs is 2. The maximum absolute atomic E-state index is 5.06. The summed E-state index contributed by atoms with van der Waals surface area (Å²) in [6.07, 6.45) is 0. The van der Waals surface area contributed by atoms with Crippen molar-refractivity contribution in [2.75, 3.05) is 0 Å². The molecule has 0 fully saturated rings. The molecule has 0 atom stereocenters. The minimum absolute atomic E-state index is 0.491. The van der Waals surface area contributed by atoms with E-state index in [1.165, 1.54) is 0 Å². The van der Waals surface area contributed by atoms with E-state index < -0.39 is 0 Å². The van der Waals surface area contributed by atoms with Gasteiger partial charge in [-0.2, -0.15) is 4.89 Å². The summed E-state index contributed by atoms with van der Waals surface area (Å²) in [4.78, 5) is 14.5. The molecule has 0 saturated heterocycles. The molecule has 1 aromatic carbocycles. The third-order valence-corrected chi connectivity index (χ3v) is 3.82. The average Bonchev–Trinajstić information content (AvgIpc) is 2.72. The molecular formula is C11H7Br2NO2. The fraction of sp³-hybridized carbons (Fsp3) is 0.182. The molecule has 0 N–H and O–H groups in total. The van der Waals surface area contributed by atoms with Crippen LogP contribution in [0.5, 0.6) is 5.75 Å². The average molecular weight is 345 g/mol. The van der Waals surface area contributed by atoms with Gasteiger partial charge in [-0.1, -0.05) is 15.9 Å². The van der Waals surface area contributed by atoms with Crippen LogP contribution in [0, 0.1) is 0 Å². The first-order valence-corrected chi connectivity index (χ1v) is 6.67. The number of pyridine rings is 1. The van der Waals surface area contributed by atoms with Crippen molar-refractivity contribution in [3.8, 4) is 5.75 Å². The van der Waals surface area contributed by atoms with Gasteiger partial charge in [0.1, 0.15) is 11.2 Å². The first-order valence-electron chi connectivity index (χ1n) is 4.75. The number of nitrogens with zero attached hydrogens (tertiary/aromatic N) is 1. The van der Waals surface area contributed by atoms with Crippen LogP contribution in [0.2, 0.25) is 0 Å². The van der Waals surface area contributed by atoms with Gasteiger partial charge in [0.2, 0.25) is 0 Å². The van der Waals surface area contributed by atoms with Gasteiger partial charge in [-0.25, -0.2) is 4.98 Å². The molecule has 0 radical (unpaired) electrons. The van der Waals surface area contributed by atoms with E-state index in [1.54, 1.807) is 0 Å². The standard InChI is InChI=1S/C11H7Br2NO2/c12-4-7-1-6-3-10-8(5-15-16-10)2-9(6)14-11(7)13/h1-3H,4-5H2. The molecule has 0 spiro atoms. The molecule has 0 saturated carbocycles. The van der Waals surface area contributed by atoms with Crippen molar-refractivity contribution in [1.82, 2.24) is 4.98 Å². The van der Waals surface area contributed by atoms with Gasteiger partial charge in [0.15, 0.2) is 5.75 Å². The summed E-state index contributed by atoms with van der Waals surface area (Å²) in [7, 11) is 0. The van der Waals surface area contributed by atoms with E-state index in [9.17, 15) is 0 Å². The lowest BCUT2D eigenvalue weighted by molar-refractivity contribution is -0.194. The number of rotatable bonds is 1. The molecule has 1 aliphatic heterocycles. The van der Waals surface area contributed by atoms with E-state index in [0.717, 1.165) is 37.7 Å². The molecule has 0 amide bonds. The fourth-order valence-corrected chi connectivity index (χ4v) is 2.95. The lowest BCUT2D eigenvalue weighted by atomic mass is 10.1. The normalized spacial score (nSPS) is 13.9. The number of hydrogen-bond donors (Lipinski definition) is 0. The maximum Gasteiger partial charge on any atom is 0.171 e. The first kappa shape index (κ1) is 10.5. The lowest BCUT2D eigenvalue weighted by Gasteiger charge is -2.04. The highest BCUT2D eigenvalue weighted by molar-refractivity contribution is 9.10. The smallest absolute Gasteiger partial charge is 0.171 e. The summed E-state index contributed by atoms with van der Waals surface area (Å²) < 4.78 is 0.872. The van der Waals surface area contributed by atoms with Crippen LogP contribution >= 0.6 is 31.9 Å². The van der Waals surface area contributed by atoms with Crippen molar-refractivity contribution in [1.29, 1.82) is 0 Å². The zero-order chi connectivity index (χ0) is 11.1. The first-order chi connectivity index (χ1) is 7.78. The number of benzene rings is 1. The molecule has 5 heteroatoms. The summed E-state index contributed by atoms with van der Waals surface area (Å²) in [6, 6.07) is 6.05. The third kappa shape index (κ3) is 1.63. The molecule has 0 aliphatic carbocycles. The van der Waals surface area contributed by atoms with Crippen molar-refractivity contribution in [3.63, 3.8) is 0 Å². The van der Waals surface area contributed by atoms with Gasteiger partial charge in [-0.15, -0.1) is 0 Å². The minimum Gasteiger partial charge on any atom is -0.337 e. The van der Waals surface area contributed by atoms with Crippen LogP contribution in [0.25, 0.3) is 10.9 Å².